The summed E-state index contributed by atoms with van der Waals surface area (Å²) in [5, 5.41) is 9.63. The van der Waals surface area contributed by atoms with Crippen LogP contribution in [-0.2, 0) is 4.74 Å². The molecular weight excluding hydrogens is 378 g/mol. The third-order valence-electron chi connectivity index (χ3n) is 4.58. The Labute approximate surface area is 175 Å². The first-order chi connectivity index (χ1) is 14.7. The highest BCUT2D eigenvalue weighted by atomic mass is 16.7. The maximum absolute atomic E-state index is 12.0. The van der Waals surface area contributed by atoms with E-state index in [4.69, 9.17) is 9.47 Å². The molecule has 3 aromatic carbocycles. The molecular formula is C25H21NO4. The molecule has 0 atom stereocenters. The van der Waals surface area contributed by atoms with Gasteiger partial charge in [0.2, 0.25) is 0 Å². The summed E-state index contributed by atoms with van der Waals surface area (Å²) in [6, 6.07) is 24.0. The number of phenols is 1. The van der Waals surface area contributed by atoms with E-state index >= 15 is 0 Å². The predicted octanol–water partition coefficient (Wildman–Crippen LogP) is 6.61. The minimum Gasteiger partial charge on any atom is -0.508 e. The Kier molecular flexibility index (Phi) is 5.80. The Balaban J connectivity index is 1.54. The molecule has 30 heavy (non-hydrogen) atoms. The van der Waals surface area contributed by atoms with Gasteiger partial charge in [-0.05, 0) is 85.7 Å². The summed E-state index contributed by atoms with van der Waals surface area (Å²) in [5.41, 5.74) is 2.74. The lowest BCUT2D eigenvalue weighted by Gasteiger charge is -2.25. The first kappa shape index (κ1) is 19.3. The third kappa shape index (κ3) is 4.70. The van der Waals surface area contributed by atoms with Crippen molar-refractivity contribution in [3.05, 3.63) is 103 Å². The SMILES string of the molecule is O=C(OC1=CCCC=C1)Oc1ccc(N(c2ccccc2)c2ccc(O)cc2)cc1. The van der Waals surface area contributed by atoms with E-state index in [1.807, 2.05) is 71.6 Å². The number of para-hydroxylation sites is 1. The van der Waals surface area contributed by atoms with E-state index in [2.05, 4.69) is 0 Å². The molecule has 0 radical (unpaired) electrons. The summed E-state index contributed by atoms with van der Waals surface area (Å²) in [5.74, 6) is 1.10. The van der Waals surface area contributed by atoms with Crippen molar-refractivity contribution in [2.24, 2.45) is 0 Å². The molecule has 0 unspecified atom stereocenters. The van der Waals surface area contributed by atoms with E-state index in [-0.39, 0.29) is 5.75 Å². The van der Waals surface area contributed by atoms with Crippen LogP contribution in [0.3, 0.4) is 0 Å². The van der Waals surface area contributed by atoms with Crippen molar-refractivity contribution in [2.75, 3.05) is 4.90 Å². The van der Waals surface area contributed by atoms with Gasteiger partial charge in [-0.2, -0.15) is 0 Å². The number of nitrogens with zero attached hydrogens (tertiary/aromatic N) is 1. The Bertz CT molecular complexity index is 1050. The molecule has 0 bridgehead atoms. The van der Waals surface area contributed by atoms with Crippen LogP contribution in [0.5, 0.6) is 11.5 Å². The van der Waals surface area contributed by atoms with Gasteiger partial charge in [-0.25, -0.2) is 4.79 Å². The fourth-order valence-corrected chi connectivity index (χ4v) is 3.17. The minimum absolute atomic E-state index is 0.206. The zero-order valence-electron chi connectivity index (χ0n) is 16.3. The summed E-state index contributed by atoms with van der Waals surface area (Å²) < 4.78 is 10.5. The number of rotatable bonds is 5. The molecule has 4 rings (SSSR count). The number of hydrogen-bond acceptors (Lipinski definition) is 5. The summed E-state index contributed by atoms with van der Waals surface area (Å²) in [4.78, 5) is 14.1. The summed E-state index contributed by atoms with van der Waals surface area (Å²) in [6.45, 7) is 0. The molecule has 150 valence electrons. The van der Waals surface area contributed by atoms with Crippen LogP contribution in [0.15, 0.2) is 103 Å². The highest BCUT2D eigenvalue weighted by molar-refractivity contribution is 5.77. The Morgan fingerprint density at radius 3 is 2.03 bits per heavy atom. The summed E-state index contributed by atoms with van der Waals surface area (Å²) in [6.07, 6.45) is 6.61. The maximum atomic E-state index is 12.0. The van der Waals surface area contributed by atoms with Crippen molar-refractivity contribution >= 4 is 23.2 Å². The third-order valence-corrected chi connectivity index (χ3v) is 4.58. The van der Waals surface area contributed by atoms with Crippen LogP contribution >= 0.6 is 0 Å². The zero-order chi connectivity index (χ0) is 20.8. The number of aromatic hydroxyl groups is 1. The lowest BCUT2D eigenvalue weighted by Crippen LogP contribution is -2.11. The van der Waals surface area contributed by atoms with Gasteiger partial charge in [0.1, 0.15) is 17.3 Å². The average Bonchev–Trinajstić information content (AvgIpc) is 2.78. The molecule has 0 heterocycles. The quantitative estimate of drug-likeness (QED) is 0.386. The first-order valence-electron chi connectivity index (χ1n) is 9.70. The molecule has 0 aliphatic heterocycles. The second kappa shape index (κ2) is 9.01. The summed E-state index contributed by atoms with van der Waals surface area (Å²) >= 11 is 0. The average molecular weight is 399 g/mol. The number of allylic oxidation sites excluding steroid dienone is 3. The monoisotopic (exact) mass is 399 g/mol. The molecule has 5 heteroatoms. The molecule has 3 aromatic rings. The van der Waals surface area contributed by atoms with Crippen LogP contribution in [0.2, 0.25) is 0 Å². The molecule has 1 N–H and O–H groups in total. The van der Waals surface area contributed by atoms with Crippen LogP contribution in [0.4, 0.5) is 21.9 Å². The Morgan fingerprint density at radius 1 is 0.767 bits per heavy atom. The lowest BCUT2D eigenvalue weighted by atomic mass is 10.2. The van der Waals surface area contributed by atoms with Crippen LogP contribution < -0.4 is 9.64 Å². The molecule has 0 saturated carbocycles. The van der Waals surface area contributed by atoms with Crippen molar-refractivity contribution < 1.29 is 19.4 Å². The number of anilines is 3. The maximum Gasteiger partial charge on any atom is 0.519 e. The highest BCUT2D eigenvalue weighted by Gasteiger charge is 2.14. The fraction of sp³-hybridized carbons (Fsp3) is 0.0800. The van der Waals surface area contributed by atoms with E-state index in [9.17, 15) is 9.90 Å². The number of benzene rings is 3. The van der Waals surface area contributed by atoms with Crippen LogP contribution in [0.1, 0.15) is 12.8 Å². The standard InChI is InChI=1S/C25H21NO4/c27-22-15-11-20(12-16-22)26(19-7-3-1-4-8-19)21-13-17-24(18-14-21)30-25(28)29-23-9-5-2-6-10-23/h1,3-5,7-18,27H,2,6H2. The minimum atomic E-state index is -0.765. The van der Waals surface area contributed by atoms with Crippen molar-refractivity contribution in [1.82, 2.24) is 0 Å². The van der Waals surface area contributed by atoms with Gasteiger partial charge < -0.3 is 19.5 Å². The number of ether oxygens (including phenoxy) is 2. The molecule has 0 spiro atoms. The molecule has 0 amide bonds. The van der Waals surface area contributed by atoms with E-state index < -0.39 is 6.16 Å². The molecule has 0 saturated heterocycles. The van der Waals surface area contributed by atoms with Crippen LogP contribution in [-0.4, -0.2) is 11.3 Å². The van der Waals surface area contributed by atoms with Gasteiger partial charge in [0.25, 0.3) is 0 Å². The van der Waals surface area contributed by atoms with E-state index in [1.54, 1.807) is 30.3 Å². The van der Waals surface area contributed by atoms with Gasteiger partial charge in [0.05, 0.1) is 0 Å². The van der Waals surface area contributed by atoms with Gasteiger partial charge in [-0.1, -0.05) is 24.3 Å². The lowest BCUT2D eigenvalue weighted by molar-refractivity contribution is 0.129. The Hall–Kier alpha value is -3.99. The first-order valence-corrected chi connectivity index (χ1v) is 9.70. The normalized spacial score (nSPS) is 12.7. The molecule has 5 nitrogen and oxygen atoms in total. The van der Waals surface area contributed by atoms with Crippen molar-refractivity contribution in [3.63, 3.8) is 0 Å². The number of carbonyl (C=O) groups excluding carboxylic acids is 1. The smallest absolute Gasteiger partial charge is 0.508 e. The predicted molar refractivity (Wildman–Crippen MR) is 116 cm³/mol. The van der Waals surface area contributed by atoms with Crippen molar-refractivity contribution in [3.8, 4) is 11.5 Å². The highest BCUT2D eigenvalue weighted by Crippen LogP contribution is 2.35. The molecule has 0 aromatic heterocycles. The van der Waals surface area contributed by atoms with E-state index in [0.717, 1.165) is 29.9 Å². The number of carbonyl (C=O) groups is 1. The molecule has 1 aliphatic rings. The zero-order valence-corrected chi connectivity index (χ0v) is 16.3. The number of phenolic OH excluding ortho intramolecular Hbond substituents is 1. The largest absolute Gasteiger partial charge is 0.519 e. The van der Waals surface area contributed by atoms with E-state index in [0.29, 0.717) is 11.5 Å². The van der Waals surface area contributed by atoms with Crippen molar-refractivity contribution in [1.29, 1.82) is 0 Å². The van der Waals surface area contributed by atoms with Gasteiger partial charge in [-0.15, -0.1) is 0 Å². The van der Waals surface area contributed by atoms with Gasteiger partial charge >= 0.3 is 6.16 Å². The van der Waals surface area contributed by atoms with Crippen LogP contribution in [0.25, 0.3) is 0 Å². The molecule has 0 fully saturated rings. The number of hydrogen-bond donors (Lipinski definition) is 1. The summed E-state index contributed by atoms with van der Waals surface area (Å²) in [7, 11) is 0. The topological polar surface area (TPSA) is 59.0 Å². The van der Waals surface area contributed by atoms with Crippen molar-refractivity contribution in [2.45, 2.75) is 12.8 Å². The van der Waals surface area contributed by atoms with E-state index in [1.165, 1.54) is 0 Å². The van der Waals surface area contributed by atoms with Gasteiger partial charge in [-0.3, -0.25) is 0 Å². The van der Waals surface area contributed by atoms with Gasteiger partial charge in [0, 0.05) is 17.1 Å². The Morgan fingerprint density at radius 2 is 1.40 bits per heavy atom. The molecule has 1 aliphatic carbocycles. The fourth-order valence-electron chi connectivity index (χ4n) is 3.17. The second-order valence-electron chi connectivity index (χ2n) is 6.72. The second-order valence-corrected chi connectivity index (χ2v) is 6.72. The van der Waals surface area contributed by atoms with Crippen LogP contribution in [0, 0.1) is 0 Å². The van der Waals surface area contributed by atoms with Gasteiger partial charge in [0.15, 0.2) is 0 Å².